The first kappa shape index (κ1) is 21.1. The van der Waals surface area contributed by atoms with Gasteiger partial charge in [0, 0.05) is 11.3 Å². The fraction of sp³-hybridized carbons (Fsp3) is 0.200. The molecule has 2 aromatic carbocycles. The van der Waals surface area contributed by atoms with Crippen molar-refractivity contribution in [3.05, 3.63) is 89.9 Å². The monoisotopic (exact) mass is 403 g/mol. The molecule has 0 saturated heterocycles. The van der Waals surface area contributed by atoms with Gasteiger partial charge in [0.2, 0.25) is 5.91 Å². The van der Waals surface area contributed by atoms with Gasteiger partial charge in [-0.2, -0.15) is 0 Å². The van der Waals surface area contributed by atoms with Crippen LogP contribution >= 0.6 is 0 Å². The van der Waals surface area contributed by atoms with Gasteiger partial charge in [0.15, 0.2) is 5.78 Å². The molecule has 5 nitrogen and oxygen atoms in total. The van der Waals surface area contributed by atoms with Crippen LogP contribution < -0.4 is 10.1 Å². The number of amides is 1. The molecule has 1 heterocycles. The number of allylic oxidation sites excluding steroid dienone is 1. The molecule has 0 fully saturated rings. The zero-order valence-corrected chi connectivity index (χ0v) is 17.3. The van der Waals surface area contributed by atoms with E-state index in [1.807, 2.05) is 45.0 Å². The first-order chi connectivity index (χ1) is 14.4. The Kier molecular flexibility index (Phi) is 6.52. The number of carbonyl (C=O) groups is 2. The lowest BCUT2D eigenvalue weighted by atomic mass is 9.83. The minimum Gasteiger partial charge on any atom is -0.494 e. The van der Waals surface area contributed by atoms with Gasteiger partial charge >= 0.3 is 0 Å². The van der Waals surface area contributed by atoms with Crippen molar-refractivity contribution in [3.63, 3.8) is 0 Å². The number of hydrogen-bond acceptors (Lipinski definition) is 4. The molecule has 0 aliphatic heterocycles. The molecule has 0 aliphatic carbocycles. The highest BCUT2D eigenvalue weighted by molar-refractivity contribution is 6.07. The van der Waals surface area contributed by atoms with Crippen LogP contribution in [0.1, 0.15) is 42.5 Å². The van der Waals surface area contributed by atoms with E-state index in [-0.39, 0.29) is 11.7 Å². The Labute approximate surface area is 176 Å². The number of nitrogens with one attached hydrogen (secondary N) is 1. The highest BCUT2D eigenvalue weighted by Gasteiger charge is 2.29. The lowest BCUT2D eigenvalue weighted by Gasteiger charge is -2.24. The van der Waals surface area contributed by atoms with Gasteiger partial charge in [0.05, 0.1) is 18.3 Å². The SMILES string of the molecule is CCOc1ccc(C(C)(C)C(=O)Nc2ccc(C(=O)/C=C/c3ccco3)cc2)cc1. The molecular weight excluding hydrogens is 378 g/mol. The zero-order valence-electron chi connectivity index (χ0n) is 17.3. The molecule has 3 rings (SSSR count). The third-order valence-corrected chi connectivity index (χ3v) is 4.82. The second kappa shape index (κ2) is 9.27. The van der Waals surface area contributed by atoms with Gasteiger partial charge in [-0.05, 0) is 87.0 Å². The third kappa shape index (κ3) is 5.06. The Balaban J connectivity index is 1.65. The summed E-state index contributed by atoms with van der Waals surface area (Å²) in [5.41, 5.74) is 1.32. The van der Waals surface area contributed by atoms with Crippen molar-refractivity contribution in [1.82, 2.24) is 0 Å². The Morgan fingerprint density at radius 1 is 1.03 bits per heavy atom. The number of anilines is 1. The molecule has 5 heteroatoms. The van der Waals surface area contributed by atoms with Gasteiger partial charge in [-0.15, -0.1) is 0 Å². The van der Waals surface area contributed by atoms with Crippen molar-refractivity contribution in [2.75, 3.05) is 11.9 Å². The zero-order chi connectivity index (χ0) is 21.6. The van der Waals surface area contributed by atoms with Crippen molar-refractivity contribution in [2.45, 2.75) is 26.2 Å². The predicted octanol–water partition coefficient (Wildman–Crippen LogP) is 5.49. The molecule has 154 valence electrons. The van der Waals surface area contributed by atoms with Gasteiger partial charge in [-0.3, -0.25) is 9.59 Å². The van der Waals surface area contributed by atoms with Crippen LogP contribution in [0, 0.1) is 0 Å². The average molecular weight is 403 g/mol. The number of furan rings is 1. The number of ketones is 1. The second-order valence-corrected chi connectivity index (χ2v) is 7.33. The van der Waals surface area contributed by atoms with Crippen LogP contribution in [0.5, 0.6) is 5.75 Å². The van der Waals surface area contributed by atoms with Crippen molar-refractivity contribution < 1.29 is 18.7 Å². The van der Waals surface area contributed by atoms with Crippen molar-refractivity contribution in [2.24, 2.45) is 0 Å². The maximum absolute atomic E-state index is 12.9. The van der Waals surface area contributed by atoms with E-state index in [1.165, 1.54) is 6.08 Å². The molecule has 0 bridgehead atoms. The topological polar surface area (TPSA) is 68.5 Å². The van der Waals surface area contributed by atoms with E-state index in [2.05, 4.69) is 5.32 Å². The summed E-state index contributed by atoms with van der Waals surface area (Å²) in [6.07, 6.45) is 4.63. The van der Waals surface area contributed by atoms with E-state index < -0.39 is 5.41 Å². The molecule has 0 unspecified atom stereocenters. The fourth-order valence-electron chi connectivity index (χ4n) is 2.91. The van der Waals surface area contributed by atoms with Crippen LogP contribution in [-0.4, -0.2) is 18.3 Å². The predicted molar refractivity (Wildman–Crippen MR) is 118 cm³/mol. The van der Waals surface area contributed by atoms with Crippen molar-refractivity contribution in [1.29, 1.82) is 0 Å². The molecule has 1 amide bonds. The largest absolute Gasteiger partial charge is 0.494 e. The number of benzene rings is 2. The molecular formula is C25H25NO4. The Hall–Kier alpha value is -3.60. The summed E-state index contributed by atoms with van der Waals surface area (Å²) in [7, 11) is 0. The Morgan fingerprint density at radius 2 is 1.73 bits per heavy atom. The summed E-state index contributed by atoms with van der Waals surface area (Å²) in [6, 6.07) is 17.9. The second-order valence-electron chi connectivity index (χ2n) is 7.33. The summed E-state index contributed by atoms with van der Waals surface area (Å²) in [5, 5.41) is 2.93. The molecule has 3 aromatic rings. The molecule has 0 spiro atoms. The lowest BCUT2D eigenvalue weighted by molar-refractivity contribution is -0.120. The standard InChI is InChI=1S/C25H25NO4/c1-4-29-22-13-9-19(10-14-22)25(2,3)24(28)26-20-11-7-18(8-12-20)23(27)16-15-21-6-5-17-30-21/h5-17H,4H2,1-3H3,(H,26,28)/b16-15+. The van der Waals surface area contributed by atoms with Gasteiger partial charge in [-0.25, -0.2) is 0 Å². The summed E-state index contributed by atoms with van der Waals surface area (Å²) < 4.78 is 10.6. The number of ether oxygens (including phenoxy) is 1. The maximum atomic E-state index is 12.9. The fourth-order valence-corrected chi connectivity index (χ4v) is 2.91. The maximum Gasteiger partial charge on any atom is 0.234 e. The highest BCUT2D eigenvalue weighted by Crippen LogP contribution is 2.27. The van der Waals surface area contributed by atoms with E-state index >= 15 is 0 Å². The first-order valence-electron chi connectivity index (χ1n) is 9.81. The lowest BCUT2D eigenvalue weighted by Crippen LogP contribution is -2.34. The van der Waals surface area contributed by atoms with Crippen LogP contribution in [0.2, 0.25) is 0 Å². The van der Waals surface area contributed by atoms with E-state index in [0.717, 1.165) is 11.3 Å². The molecule has 1 N–H and O–H groups in total. The molecule has 0 aliphatic rings. The van der Waals surface area contributed by atoms with Crippen LogP contribution in [0.15, 0.2) is 77.4 Å². The normalized spacial score (nSPS) is 11.4. The average Bonchev–Trinajstić information content (AvgIpc) is 3.27. The summed E-state index contributed by atoms with van der Waals surface area (Å²) in [6.45, 7) is 6.27. The molecule has 0 atom stereocenters. The molecule has 0 radical (unpaired) electrons. The number of hydrogen-bond donors (Lipinski definition) is 1. The van der Waals surface area contributed by atoms with E-state index in [1.54, 1.807) is 48.7 Å². The molecule has 0 saturated carbocycles. The van der Waals surface area contributed by atoms with Crippen LogP contribution in [0.3, 0.4) is 0 Å². The van der Waals surface area contributed by atoms with E-state index in [0.29, 0.717) is 23.6 Å². The minimum absolute atomic E-state index is 0.136. The van der Waals surface area contributed by atoms with Gasteiger partial charge in [-0.1, -0.05) is 12.1 Å². The quantitative estimate of drug-likeness (QED) is 0.399. The number of rotatable bonds is 8. The van der Waals surface area contributed by atoms with Crippen LogP contribution in [0.25, 0.3) is 6.08 Å². The summed E-state index contributed by atoms with van der Waals surface area (Å²) >= 11 is 0. The van der Waals surface area contributed by atoms with Gasteiger partial charge in [0.1, 0.15) is 11.5 Å². The molecule has 30 heavy (non-hydrogen) atoms. The van der Waals surface area contributed by atoms with E-state index in [4.69, 9.17) is 9.15 Å². The highest BCUT2D eigenvalue weighted by atomic mass is 16.5. The summed E-state index contributed by atoms with van der Waals surface area (Å²) in [4.78, 5) is 25.1. The van der Waals surface area contributed by atoms with Crippen molar-refractivity contribution in [3.8, 4) is 5.75 Å². The Bertz CT molecular complexity index is 1010. The van der Waals surface area contributed by atoms with Crippen LogP contribution in [-0.2, 0) is 10.2 Å². The number of carbonyl (C=O) groups excluding carboxylic acids is 2. The Morgan fingerprint density at radius 3 is 2.33 bits per heavy atom. The van der Waals surface area contributed by atoms with Crippen LogP contribution in [0.4, 0.5) is 5.69 Å². The van der Waals surface area contributed by atoms with E-state index in [9.17, 15) is 9.59 Å². The minimum atomic E-state index is -0.731. The third-order valence-electron chi connectivity index (χ3n) is 4.82. The van der Waals surface area contributed by atoms with Gasteiger partial charge < -0.3 is 14.5 Å². The molecule has 1 aromatic heterocycles. The summed E-state index contributed by atoms with van der Waals surface area (Å²) in [5.74, 6) is 1.12. The first-order valence-corrected chi connectivity index (χ1v) is 9.81. The van der Waals surface area contributed by atoms with Gasteiger partial charge in [0.25, 0.3) is 0 Å². The van der Waals surface area contributed by atoms with Crippen molar-refractivity contribution >= 4 is 23.5 Å². The smallest absolute Gasteiger partial charge is 0.234 e.